The molecule has 2 N–H and O–H groups in total. The molecule has 0 saturated heterocycles. The maximum Gasteiger partial charge on any atom is 0.254 e. The molecule has 17 heavy (non-hydrogen) atoms. The Labute approximate surface area is 111 Å². The van der Waals surface area contributed by atoms with E-state index in [0.29, 0.717) is 18.0 Å². The van der Waals surface area contributed by atoms with Gasteiger partial charge in [-0.3, -0.25) is 4.79 Å². The van der Waals surface area contributed by atoms with Gasteiger partial charge >= 0.3 is 0 Å². The lowest BCUT2D eigenvalue weighted by Crippen LogP contribution is -2.30. The smallest absolute Gasteiger partial charge is 0.254 e. The Morgan fingerprint density at radius 2 is 2.12 bits per heavy atom. The summed E-state index contributed by atoms with van der Waals surface area (Å²) in [7, 11) is 1.76. The van der Waals surface area contributed by atoms with E-state index in [1.54, 1.807) is 23.7 Å². The van der Waals surface area contributed by atoms with Gasteiger partial charge in [-0.05, 0) is 18.4 Å². The molecular formula is C12H16N2OS2. The summed E-state index contributed by atoms with van der Waals surface area (Å²) in [6.07, 6.45) is 2.51. The lowest BCUT2D eigenvalue weighted by atomic mass is 10.2. The van der Waals surface area contributed by atoms with Crippen LogP contribution in [0.4, 0.5) is 0 Å². The second kappa shape index (κ2) is 6.61. The third-order valence-corrected chi connectivity index (χ3v) is 3.38. The molecule has 1 amide bonds. The van der Waals surface area contributed by atoms with Crippen LogP contribution in [0.15, 0.2) is 29.2 Å². The van der Waals surface area contributed by atoms with Crippen LogP contribution in [-0.4, -0.2) is 35.6 Å². The molecule has 0 heterocycles. The van der Waals surface area contributed by atoms with Crippen molar-refractivity contribution in [1.29, 1.82) is 0 Å². The van der Waals surface area contributed by atoms with Crippen molar-refractivity contribution in [3.8, 4) is 0 Å². The van der Waals surface area contributed by atoms with Gasteiger partial charge < -0.3 is 10.6 Å². The highest BCUT2D eigenvalue weighted by atomic mass is 32.2. The topological polar surface area (TPSA) is 46.3 Å². The van der Waals surface area contributed by atoms with E-state index in [-0.39, 0.29) is 5.91 Å². The summed E-state index contributed by atoms with van der Waals surface area (Å²) in [5.41, 5.74) is 6.15. The number of carbonyl (C=O) groups is 1. The van der Waals surface area contributed by atoms with Crippen LogP contribution >= 0.6 is 24.0 Å². The second-order valence-corrected chi connectivity index (χ2v) is 5.02. The molecule has 0 unspecified atom stereocenters. The normalized spacial score (nSPS) is 10.0. The minimum absolute atomic E-state index is 0.00574. The van der Waals surface area contributed by atoms with Crippen LogP contribution in [0.1, 0.15) is 16.8 Å². The van der Waals surface area contributed by atoms with Crippen molar-refractivity contribution in [1.82, 2.24) is 4.90 Å². The predicted molar refractivity (Wildman–Crippen MR) is 76.6 cm³/mol. The van der Waals surface area contributed by atoms with Crippen LogP contribution < -0.4 is 5.73 Å². The average molecular weight is 268 g/mol. The number of amides is 1. The first kappa shape index (κ1) is 14.0. The average Bonchev–Trinajstić information content (AvgIpc) is 2.34. The number of benzene rings is 1. The zero-order valence-electron chi connectivity index (χ0n) is 9.97. The standard InChI is InChI=1S/C12H16N2OS2/c1-14(8-7-11(13)16)12(15)9-5-3-4-6-10(9)17-2/h3-6H,7-8H2,1-2H3,(H2,13,16). The molecule has 0 aliphatic rings. The summed E-state index contributed by atoms with van der Waals surface area (Å²) in [5, 5.41) is 0. The van der Waals surface area contributed by atoms with Crippen molar-refractivity contribution in [2.24, 2.45) is 5.73 Å². The summed E-state index contributed by atoms with van der Waals surface area (Å²) in [6, 6.07) is 7.58. The molecule has 5 heteroatoms. The van der Waals surface area contributed by atoms with Gasteiger partial charge in [0.05, 0.1) is 10.6 Å². The molecule has 0 aromatic heterocycles. The van der Waals surface area contributed by atoms with E-state index in [1.165, 1.54) is 0 Å². The minimum atomic E-state index is 0.00574. The fraction of sp³-hybridized carbons (Fsp3) is 0.333. The van der Waals surface area contributed by atoms with Crippen LogP contribution in [0.25, 0.3) is 0 Å². The molecule has 0 spiro atoms. The molecule has 0 fully saturated rings. The summed E-state index contributed by atoms with van der Waals surface area (Å²) in [4.78, 5) is 15.2. The Hall–Kier alpha value is -1.07. The number of hydrogen-bond donors (Lipinski definition) is 1. The van der Waals surface area contributed by atoms with E-state index < -0.39 is 0 Å². The zero-order chi connectivity index (χ0) is 12.8. The third-order valence-electron chi connectivity index (χ3n) is 2.38. The number of carbonyl (C=O) groups excluding carboxylic acids is 1. The number of thiocarbonyl (C=S) groups is 1. The van der Waals surface area contributed by atoms with Crippen molar-refractivity contribution in [3.05, 3.63) is 29.8 Å². The molecule has 0 aliphatic heterocycles. The van der Waals surface area contributed by atoms with Crippen LogP contribution in [0.2, 0.25) is 0 Å². The summed E-state index contributed by atoms with van der Waals surface area (Å²) in [5.74, 6) is 0.00574. The van der Waals surface area contributed by atoms with E-state index >= 15 is 0 Å². The maximum atomic E-state index is 12.2. The molecule has 3 nitrogen and oxygen atoms in total. The van der Waals surface area contributed by atoms with Crippen molar-refractivity contribution >= 4 is 34.9 Å². The fourth-order valence-electron chi connectivity index (χ4n) is 1.41. The highest BCUT2D eigenvalue weighted by Gasteiger charge is 2.14. The van der Waals surface area contributed by atoms with Gasteiger partial charge in [0.2, 0.25) is 0 Å². The first-order valence-electron chi connectivity index (χ1n) is 5.23. The van der Waals surface area contributed by atoms with Crippen molar-refractivity contribution < 1.29 is 4.79 Å². The van der Waals surface area contributed by atoms with Gasteiger partial charge in [0.25, 0.3) is 5.91 Å². The van der Waals surface area contributed by atoms with Crippen molar-refractivity contribution in [2.45, 2.75) is 11.3 Å². The van der Waals surface area contributed by atoms with Gasteiger partial charge in [-0.1, -0.05) is 24.4 Å². The monoisotopic (exact) mass is 268 g/mol. The number of nitrogens with zero attached hydrogens (tertiary/aromatic N) is 1. The molecule has 1 aromatic carbocycles. The fourth-order valence-corrected chi connectivity index (χ4v) is 2.09. The highest BCUT2D eigenvalue weighted by molar-refractivity contribution is 7.98. The van der Waals surface area contributed by atoms with Gasteiger partial charge in [0.1, 0.15) is 0 Å². The largest absolute Gasteiger partial charge is 0.393 e. The lowest BCUT2D eigenvalue weighted by molar-refractivity contribution is 0.0795. The van der Waals surface area contributed by atoms with Gasteiger partial charge in [0.15, 0.2) is 0 Å². The molecule has 1 aromatic rings. The minimum Gasteiger partial charge on any atom is -0.393 e. The Bertz CT molecular complexity index is 421. The van der Waals surface area contributed by atoms with Crippen LogP contribution in [-0.2, 0) is 0 Å². The lowest BCUT2D eigenvalue weighted by Gasteiger charge is -2.18. The van der Waals surface area contributed by atoms with Gasteiger partial charge in [0, 0.05) is 24.9 Å². The highest BCUT2D eigenvalue weighted by Crippen LogP contribution is 2.20. The molecule has 0 bridgehead atoms. The molecule has 1 rings (SSSR count). The third kappa shape index (κ3) is 4.02. The van der Waals surface area contributed by atoms with Crippen LogP contribution in [0, 0.1) is 0 Å². The van der Waals surface area contributed by atoms with Crippen molar-refractivity contribution in [3.63, 3.8) is 0 Å². The number of thioether (sulfide) groups is 1. The predicted octanol–water partition coefficient (Wildman–Crippen LogP) is 2.16. The molecule has 0 saturated carbocycles. The Kier molecular flexibility index (Phi) is 5.44. The number of hydrogen-bond acceptors (Lipinski definition) is 3. The van der Waals surface area contributed by atoms with E-state index in [4.69, 9.17) is 18.0 Å². The van der Waals surface area contributed by atoms with Gasteiger partial charge in [-0.2, -0.15) is 0 Å². The molecule has 0 atom stereocenters. The number of rotatable bonds is 5. The molecule has 0 radical (unpaired) electrons. The van der Waals surface area contributed by atoms with Crippen LogP contribution in [0.3, 0.4) is 0 Å². The van der Waals surface area contributed by atoms with E-state index in [1.807, 2.05) is 30.5 Å². The van der Waals surface area contributed by atoms with Crippen LogP contribution in [0.5, 0.6) is 0 Å². The Morgan fingerprint density at radius 1 is 1.47 bits per heavy atom. The summed E-state index contributed by atoms with van der Waals surface area (Å²) in [6.45, 7) is 0.552. The first-order valence-corrected chi connectivity index (χ1v) is 6.86. The molecular weight excluding hydrogens is 252 g/mol. The maximum absolute atomic E-state index is 12.2. The van der Waals surface area contributed by atoms with E-state index in [9.17, 15) is 4.79 Å². The Morgan fingerprint density at radius 3 is 2.71 bits per heavy atom. The Balaban J connectivity index is 2.77. The summed E-state index contributed by atoms with van der Waals surface area (Å²) >= 11 is 6.37. The number of nitrogens with two attached hydrogens (primary N) is 1. The zero-order valence-corrected chi connectivity index (χ0v) is 11.6. The summed E-state index contributed by atoms with van der Waals surface area (Å²) < 4.78 is 0. The second-order valence-electron chi connectivity index (χ2n) is 3.64. The van der Waals surface area contributed by atoms with E-state index in [0.717, 1.165) is 10.5 Å². The quantitative estimate of drug-likeness (QED) is 0.656. The first-order chi connectivity index (χ1) is 8.06. The molecule has 0 aliphatic carbocycles. The van der Waals surface area contributed by atoms with Crippen molar-refractivity contribution in [2.75, 3.05) is 19.8 Å². The van der Waals surface area contributed by atoms with Gasteiger partial charge in [-0.25, -0.2) is 0 Å². The van der Waals surface area contributed by atoms with Gasteiger partial charge in [-0.15, -0.1) is 11.8 Å². The SMILES string of the molecule is CSc1ccccc1C(=O)N(C)CCC(N)=S. The molecule has 92 valence electrons. The van der Waals surface area contributed by atoms with E-state index in [2.05, 4.69) is 0 Å².